The number of aromatic carboxylic acids is 1. The number of unbranched alkanes of at least 4 members (excludes halogenated alkanes) is 1. The third-order valence-corrected chi connectivity index (χ3v) is 3.01. The molecule has 21 heavy (non-hydrogen) atoms. The first kappa shape index (κ1) is 14.8. The van der Waals surface area contributed by atoms with E-state index < -0.39 is 5.97 Å². The van der Waals surface area contributed by atoms with E-state index in [1.807, 2.05) is 6.92 Å². The minimum atomic E-state index is -1.11. The van der Waals surface area contributed by atoms with Crippen LogP contribution in [0.1, 0.15) is 36.7 Å². The van der Waals surface area contributed by atoms with E-state index in [1.165, 1.54) is 6.07 Å². The highest BCUT2D eigenvalue weighted by atomic mass is 16.4. The Morgan fingerprint density at radius 2 is 2.05 bits per heavy atom. The van der Waals surface area contributed by atoms with Gasteiger partial charge >= 0.3 is 5.97 Å². The smallest absolute Gasteiger partial charge is 0.371 e. The summed E-state index contributed by atoms with van der Waals surface area (Å²) in [6.07, 6.45) is 2.31. The van der Waals surface area contributed by atoms with Crippen molar-refractivity contribution < 1.29 is 19.1 Å². The number of carbonyl (C=O) groups excluding carboxylic acids is 1. The van der Waals surface area contributed by atoms with E-state index in [0.717, 1.165) is 18.4 Å². The third-order valence-electron chi connectivity index (χ3n) is 3.01. The van der Waals surface area contributed by atoms with Crippen molar-refractivity contribution in [3.63, 3.8) is 0 Å². The number of hydrogen-bond acceptors (Lipinski definition) is 3. The zero-order chi connectivity index (χ0) is 15.2. The first-order chi connectivity index (χ1) is 10.1. The van der Waals surface area contributed by atoms with Gasteiger partial charge in [0.25, 0.3) is 0 Å². The predicted molar refractivity (Wildman–Crippen MR) is 79.3 cm³/mol. The number of nitrogens with one attached hydrogen (secondary N) is 1. The number of furan rings is 1. The SMILES string of the molecule is CCCCC(=O)Nc1cccc(-c2ccc(C(=O)O)o2)c1. The Hall–Kier alpha value is -2.56. The van der Waals surface area contributed by atoms with Gasteiger partial charge in [-0.3, -0.25) is 4.79 Å². The molecule has 0 aliphatic carbocycles. The van der Waals surface area contributed by atoms with E-state index in [0.29, 0.717) is 17.9 Å². The molecule has 0 spiro atoms. The van der Waals surface area contributed by atoms with E-state index in [9.17, 15) is 9.59 Å². The number of amides is 1. The molecule has 0 saturated heterocycles. The van der Waals surface area contributed by atoms with Crippen molar-refractivity contribution in [1.29, 1.82) is 0 Å². The number of carbonyl (C=O) groups is 2. The van der Waals surface area contributed by atoms with Crippen molar-refractivity contribution in [2.75, 3.05) is 5.32 Å². The Morgan fingerprint density at radius 1 is 1.24 bits per heavy atom. The third kappa shape index (κ3) is 3.95. The molecule has 2 N–H and O–H groups in total. The van der Waals surface area contributed by atoms with E-state index >= 15 is 0 Å². The minimum absolute atomic E-state index is 0.0281. The molecular formula is C16H17NO4. The van der Waals surface area contributed by atoms with Crippen molar-refractivity contribution in [3.05, 3.63) is 42.2 Å². The number of carboxylic acids is 1. The van der Waals surface area contributed by atoms with Gasteiger partial charge in [-0.05, 0) is 30.7 Å². The van der Waals surface area contributed by atoms with Crippen LogP contribution in [0.4, 0.5) is 5.69 Å². The van der Waals surface area contributed by atoms with E-state index in [2.05, 4.69) is 5.32 Å². The molecule has 0 bridgehead atoms. The average molecular weight is 287 g/mol. The molecule has 0 atom stereocenters. The van der Waals surface area contributed by atoms with Gasteiger partial charge in [0.1, 0.15) is 5.76 Å². The molecule has 5 nitrogen and oxygen atoms in total. The fraction of sp³-hybridized carbons (Fsp3) is 0.250. The normalized spacial score (nSPS) is 10.3. The van der Waals surface area contributed by atoms with Crippen LogP contribution in [-0.2, 0) is 4.79 Å². The van der Waals surface area contributed by atoms with Crippen LogP contribution in [0.3, 0.4) is 0 Å². The van der Waals surface area contributed by atoms with Crippen LogP contribution < -0.4 is 5.32 Å². The van der Waals surface area contributed by atoms with Crippen LogP contribution in [0, 0.1) is 0 Å². The van der Waals surface area contributed by atoms with E-state index in [-0.39, 0.29) is 11.7 Å². The predicted octanol–water partition coefficient (Wildman–Crippen LogP) is 3.77. The second-order valence-corrected chi connectivity index (χ2v) is 4.70. The molecule has 1 heterocycles. The van der Waals surface area contributed by atoms with E-state index in [1.54, 1.807) is 30.3 Å². The summed E-state index contributed by atoms with van der Waals surface area (Å²) in [4.78, 5) is 22.5. The van der Waals surface area contributed by atoms with Crippen molar-refractivity contribution >= 4 is 17.6 Å². The fourth-order valence-electron chi connectivity index (χ4n) is 1.92. The summed E-state index contributed by atoms with van der Waals surface area (Å²) >= 11 is 0. The van der Waals surface area contributed by atoms with Crippen LogP contribution in [-0.4, -0.2) is 17.0 Å². The zero-order valence-corrected chi connectivity index (χ0v) is 11.8. The van der Waals surface area contributed by atoms with Gasteiger partial charge in [-0.15, -0.1) is 0 Å². The number of rotatable bonds is 6. The molecule has 1 aromatic carbocycles. The average Bonchev–Trinajstić information content (AvgIpc) is 2.95. The summed E-state index contributed by atoms with van der Waals surface area (Å²) in [5, 5.41) is 11.7. The van der Waals surface area contributed by atoms with Gasteiger partial charge in [0.05, 0.1) is 0 Å². The number of hydrogen-bond donors (Lipinski definition) is 2. The van der Waals surface area contributed by atoms with Crippen LogP contribution >= 0.6 is 0 Å². The summed E-state index contributed by atoms with van der Waals surface area (Å²) in [7, 11) is 0. The lowest BCUT2D eigenvalue weighted by Crippen LogP contribution is -2.10. The first-order valence-electron chi connectivity index (χ1n) is 6.83. The lowest BCUT2D eigenvalue weighted by Gasteiger charge is -2.06. The van der Waals surface area contributed by atoms with Crippen LogP contribution in [0.15, 0.2) is 40.8 Å². The van der Waals surface area contributed by atoms with Gasteiger partial charge in [0, 0.05) is 17.7 Å². The highest BCUT2D eigenvalue weighted by Gasteiger charge is 2.11. The monoisotopic (exact) mass is 287 g/mol. The van der Waals surface area contributed by atoms with Gasteiger partial charge in [-0.2, -0.15) is 0 Å². The largest absolute Gasteiger partial charge is 0.475 e. The van der Waals surface area contributed by atoms with Crippen molar-refractivity contribution in [3.8, 4) is 11.3 Å². The molecule has 0 aliphatic rings. The quantitative estimate of drug-likeness (QED) is 0.847. The maximum Gasteiger partial charge on any atom is 0.371 e. The second-order valence-electron chi connectivity index (χ2n) is 4.70. The highest BCUT2D eigenvalue weighted by molar-refractivity contribution is 5.91. The molecule has 5 heteroatoms. The summed E-state index contributed by atoms with van der Waals surface area (Å²) in [5.41, 5.74) is 1.39. The molecule has 1 aromatic heterocycles. The molecule has 2 aromatic rings. The lowest BCUT2D eigenvalue weighted by atomic mass is 10.1. The highest BCUT2D eigenvalue weighted by Crippen LogP contribution is 2.25. The van der Waals surface area contributed by atoms with Crippen LogP contribution in [0.5, 0.6) is 0 Å². The van der Waals surface area contributed by atoms with Gasteiger partial charge in [0.15, 0.2) is 0 Å². The Morgan fingerprint density at radius 3 is 2.71 bits per heavy atom. The summed E-state index contributed by atoms with van der Waals surface area (Å²) in [6, 6.07) is 10.1. The van der Waals surface area contributed by atoms with Gasteiger partial charge < -0.3 is 14.8 Å². The van der Waals surface area contributed by atoms with Gasteiger partial charge in [0.2, 0.25) is 11.7 Å². The standard InChI is InChI=1S/C16H17NO4/c1-2-3-7-15(18)17-12-6-4-5-11(10-12)13-8-9-14(21-13)16(19)20/h4-6,8-10H,2-3,7H2,1H3,(H,17,18)(H,19,20). The molecule has 0 radical (unpaired) electrons. The molecule has 0 saturated carbocycles. The number of anilines is 1. The fourth-order valence-corrected chi connectivity index (χ4v) is 1.92. The molecule has 0 fully saturated rings. The lowest BCUT2D eigenvalue weighted by molar-refractivity contribution is -0.116. The molecule has 2 rings (SSSR count). The molecule has 0 aliphatic heterocycles. The van der Waals surface area contributed by atoms with Crippen LogP contribution in [0.2, 0.25) is 0 Å². The Balaban J connectivity index is 2.13. The van der Waals surface area contributed by atoms with Crippen LogP contribution in [0.25, 0.3) is 11.3 Å². The second kappa shape index (κ2) is 6.74. The van der Waals surface area contributed by atoms with Gasteiger partial charge in [-0.25, -0.2) is 4.79 Å². The maximum absolute atomic E-state index is 11.7. The summed E-state index contributed by atoms with van der Waals surface area (Å²) in [6.45, 7) is 2.03. The zero-order valence-electron chi connectivity index (χ0n) is 11.8. The molecule has 1 amide bonds. The minimum Gasteiger partial charge on any atom is -0.475 e. The Bertz CT molecular complexity index is 645. The number of carboxylic acid groups (broad SMARTS) is 1. The maximum atomic E-state index is 11.7. The summed E-state index contributed by atoms with van der Waals surface area (Å²) in [5.74, 6) is -0.788. The van der Waals surface area contributed by atoms with Gasteiger partial charge in [-0.1, -0.05) is 25.5 Å². The van der Waals surface area contributed by atoms with Crippen molar-refractivity contribution in [2.45, 2.75) is 26.2 Å². The topological polar surface area (TPSA) is 79.5 Å². The van der Waals surface area contributed by atoms with Crippen molar-refractivity contribution in [1.82, 2.24) is 0 Å². The Labute approximate surface area is 122 Å². The summed E-state index contributed by atoms with van der Waals surface area (Å²) < 4.78 is 5.24. The Kier molecular flexibility index (Phi) is 4.77. The van der Waals surface area contributed by atoms with E-state index in [4.69, 9.17) is 9.52 Å². The first-order valence-corrected chi connectivity index (χ1v) is 6.83. The molecule has 0 unspecified atom stereocenters. The van der Waals surface area contributed by atoms with Crippen molar-refractivity contribution in [2.24, 2.45) is 0 Å². The molecule has 110 valence electrons. The molecular weight excluding hydrogens is 270 g/mol. The number of benzene rings is 1.